The molecule has 0 N–H and O–H groups in total. The van der Waals surface area contributed by atoms with Crippen molar-refractivity contribution < 1.29 is 4.79 Å². The van der Waals surface area contributed by atoms with Gasteiger partial charge in [-0.15, -0.1) is 0 Å². The van der Waals surface area contributed by atoms with Crippen molar-refractivity contribution in [1.29, 1.82) is 0 Å². The van der Waals surface area contributed by atoms with E-state index in [0.29, 0.717) is 11.5 Å². The molecule has 4 rings (SSSR count). The smallest absolute Gasteiger partial charge is 0.253 e. The maximum Gasteiger partial charge on any atom is 0.253 e. The molecule has 1 aliphatic heterocycles. The van der Waals surface area contributed by atoms with Crippen molar-refractivity contribution in [2.45, 2.75) is 32.6 Å². The number of fused-ring (bicyclic) bond motifs is 1. The van der Waals surface area contributed by atoms with Crippen LogP contribution < -0.4 is 0 Å². The normalized spacial score (nSPS) is 15.4. The third-order valence-corrected chi connectivity index (χ3v) is 5.94. The van der Waals surface area contributed by atoms with Gasteiger partial charge in [-0.3, -0.25) is 14.8 Å². The zero-order valence-electron chi connectivity index (χ0n) is 17.6. The molecule has 2 aromatic carbocycles. The molecule has 0 atom stereocenters. The minimum absolute atomic E-state index is 0.0792. The van der Waals surface area contributed by atoms with Gasteiger partial charge in [0.05, 0.1) is 11.0 Å². The second kappa shape index (κ2) is 8.62. The zero-order valence-corrected chi connectivity index (χ0v) is 17.6. The van der Waals surface area contributed by atoms with Crippen LogP contribution in [0, 0.1) is 0 Å². The molecule has 2 heterocycles. The fourth-order valence-electron chi connectivity index (χ4n) is 4.29. The van der Waals surface area contributed by atoms with Crippen molar-refractivity contribution in [3.05, 3.63) is 89.8 Å². The quantitative estimate of drug-likeness (QED) is 0.536. The van der Waals surface area contributed by atoms with Gasteiger partial charge in [-0.1, -0.05) is 42.5 Å². The lowest BCUT2D eigenvalue weighted by molar-refractivity contribution is 0.0713. The van der Waals surface area contributed by atoms with E-state index in [9.17, 15) is 4.79 Å². The first-order valence-corrected chi connectivity index (χ1v) is 10.5. The van der Waals surface area contributed by atoms with Gasteiger partial charge in [0.1, 0.15) is 0 Å². The number of aromatic nitrogens is 2. The number of benzene rings is 2. The van der Waals surface area contributed by atoms with Crippen LogP contribution in [0.2, 0.25) is 0 Å². The molecular weight excluding hydrogens is 370 g/mol. The summed E-state index contributed by atoms with van der Waals surface area (Å²) in [4.78, 5) is 23.5. The van der Waals surface area contributed by atoms with Crippen LogP contribution in [0.1, 0.15) is 54.1 Å². The Bertz CT molecular complexity index is 1110. The Labute approximate surface area is 178 Å². The average Bonchev–Trinajstić information content (AvgIpc) is 2.79. The SMILES string of the molecule is C=C(C)/C(=C\C)c1ccc(C2CCN(C(=O)c3ccc4nccnc4c3)CC2)cc1. The lowest BCUT2D eigenvalue weighted by Gasteiger charge is -2.32. The molecule has 0 spiro atoms. The Morgan fingerprint density at radius 1 is 1.00 bits per heavy atom. The summed E-state index contributed by atoms with van der Waals surface area (Å²) in [5, 5.41) is 0. The molecule has 1 amide bonds. The van der Waals surface area contributed by atoms with Crippen LogP contribution in [-0.2, 0) is 0 Å². The Balaban J connectivity index is 1.42. The zero-order chi connectivity index (χ0) is 21.1. The Kier molecular flexibility index (Phi) is 5.75. The number of amides is 1. The summed E-state index contributed by atoms with van der Waals surface area (Å²) in [6.07, 6.45) is 7.40. The summed E-state index contributed by atoms with van der Waals surface area (Å²) in [5.41, 5.74) is 7.09. The maximum absolute atomic E-state index is 13.0. The molecule has 0 bridgehead atoms. The monoisotopic (exact) mass is 397 g/mol. The summed E-state index contributed by atoms with van der Waals surface area (Å²) >= 11 is 0. The van der Waals surface area contributed by atoms with Crippen LogP contribution in [0.5, 0.6) is 0 Å². The van der Waals surface area contributed by atoms with Gasteiger partial charge < -0.3 is 4.90 Å². The largest absolute Gasteiger partial charge is 0.339 e. The van der Waals surface area contributed by atoms with E-state index in [-0.39, 0.29) is 5.91 Å². The average molecular weight is 398 g/mol. The molecule has 1 saturated heterocycles. The van der Waals surface area contributed by atoms with E-state index >= 15 is 0 Å². The summed E-state index contributed by atoms with van der Waals surface area (Å²) in [7, 11) is 0. The number of hydrogen-bond donors (Lipinski definition) is 0. The molecule has 0 unspecified atom stereocenters. The standard InChI is InChI=1S/C26H27N3O/c1-4-23(18(2)3)21-7-5-19(6-8-21)20-11-15-29(16-12-20)26(30)22-9-10-24-25(17-22)28-14-13-27-24/h4-10,13-14,17,20H,2,11-12,15-16H2,1,3H3/b23-4+. The highest BCUT2D eigenvalue weighted by Gasteiger charge is 2.25. The number of piperidine rings is 1. The number of carbonyl (C=O) groups is 1. The Hall–Kier alpha value is -3.27. The molecule has 1 aromatic heterocycles. The molecule has 4 heteroatoms. The highest BCUT2D eigenvalue weighted by atomic mass is 16.2. The predicted molar refractivity (Wildman–Crippen MR) is 122 cm³/mol. The maximum atomic E-state index is 13.0. The van der Waals surface area contributed by atoms with Gasteiger partial charge in [-0.05, 0) is 67.5 Å². The number of rotatable bonds is 4. The van der Waals surface area contributed by atoms with Crippen molar-refractivity contribution in [2.24, 2.45) is 0 Å². The van der Waals surface area contributed by atoms with E-state index in [1.807, 2.05) is 36.9 Å². The van der Waals surface area contributed by atoms with Crippen molar-refractivity contribution in [3.63, 3.8) is 0 Å². The molecule has 152 valence electrons. The van der Waals surface area contributed by atoms with Gasteiger partial charge in [-0.25, -0.2) is 0 Å². The highest BCUT2D eigenvalue weighted by Crippen LogP contribution is 2.30. The summed E-state index contributed by atoms with van der Waals surface area (Å²) < 4.78 is 0. The lowest BCUT2D eigenvalue weighted by atomic mass is 9.88. The molecule has 4 nitrogen and oxygen atoms in total. The second-order valence-electron chi connectivity index (χ2n) is 7.93. The van der Waals surface area contributed by atoms with E-state index in [1.165, 1.54) is 16.7 Å². The van der Waals surface area contributed by atoms with Gasteiger partial charge in [-0.2, -0.15) is 0 Å². The van der Waals surface area contributed by atoms with Gasteiger partial charge >= 0.3 is 0 Å². The van der Waals surface area contributed by atoms with E-state index in [2.05, 4.69) is 46.9 Å². The van der Waals surface area contributed by atoms with Crippen LogP contribution >= 0.6 is 0 Å². The summed E-state index contributed by atoms with van der Waals surface area (Å²) in [6.45, 7) is 9.70. The van der Waals surface area contributed by atoms with Crippen molar-refractivity contribution in [2.75, 3.05) is 13.1 Å². The second-order valence-corrected chi connectivity index (χ2v) is 7.93. The number of hydrogen-bond acceptors (Lipinski definition) is 3. The van der Waals surface area contributed by atoms with Crippen molar-refractivity contribution >= 4 is 22.5 Å². The Morgan fingerprint density at radius 3 is 2.27 bits per heavy atom. The highest BCUT2D eigenvalue weighted by molar-refractivity contribution is 5.97. The molecule has 0 radical (unpaired) electrons. The number of allylic oxidation sites excluding steroid dienone is 3. The van der Waals surface area contributed by atoms with Gasteiger partial charge in [0.15, 0.2) is 0 Å². The number of nitrogens with zero attached hydrogens (tertiary/aromatic N) is 3. The topological polar surface area (TPSA) is 46.1 Å². The molecule has 0 saturated carbocycles. The molecule has 3 aromatic rings. The lowest BCUT2D eigenvalue weighted by Crippen LogP contribution is -2.37. The molecular formula is C26H27N3O. The predicted octanol–water partition coefficient (Wildman–Crippen LogP) is 5.63. The minimum Gasteiger partial charge on any atom is -0.339 e. The molecule has 1 aliphatic rings. The summed E-state index contributed by atoms with van der Waals surface area (Å²) in [6, 6.07) is 14.4. The summed E-state index contributed by atoms with van der Waals surface area (Å²) in [5.74, 6) is 0.569. The van der Waals surface area contributed by atoms with Gasteiger partial charge in [0.25, 0.3) is 5.91 Å². The van der Waals surface area contributed by atoms with Gasteiger partial charge in [0.2, 0.25) is 0 Å². The number of likely N-dealkylation sites (tertiary alicyclic amines) is 1. The Morgan fingerprint density at radius 2 is 1.63 bits per heavy atom. The van der Waals surface area contributed by atoms with E-state index < -0.39 is 0 Å². The van der Waals surface area contributed by atoms with Crippen LogP contribution in [0.15, 0.2) is 73.1 Å². The first kappa shape index (κ1) is 20.0. The van der Waals surface area contributed by atoms with Crippen LogP contribution in [-0.4, -0.2) is 33.9 Å². The van der Waals surface area contributed by atoms with E-state index in [1.54, 1.807) is 12.4 Å². The van der Waals surface area contributed by atoms with Crippen LogP contribution in [0.3, 0.4) is 0 Å². The first-order chi connectivity index (χ1) is 14.6. The van der Waals surface area contributed by atoms with Crippen molar-refractivity contribution in [1.82, 2.24) is 14.9 Å². The number of carbonyl (C=O) groups excluding carboxylic acids is 1. The van der Waals surface area contributed by atoms with E-state index in [4.69, 9.17) is 0 Å². The third-order valence-electron chi connectivity index (χ3n) is 5.94. The van der Waals surface area contributed by atoms with Crippen LogP contribution in [0.25, 0.3) is 16.6 Å². The minimum atomic E-state index is 0.0792. The molecule has 30 heavy (non-hydrogen) atoms. The van der Waals surface area contributed by atoms with Crippen LogP contribution in [0.4, 0.5) is 0 Å². The third kappa shape index (κ3) is 4.04. The fraction of sp³-hybridized carbons (Fsp3) is 0.269. The molecule has 1 fully saturated rings. The van der Waals surface area contributed by atoms with Crippen molar-refractivity contribution in [3.8, 4) is 0 Å². The first-order valence-electron chi connectivity index (χ1n) is 10.5. The van der Waals surface area contributed by atoms with E-state index in [0.717, 1.165) is 42.5 Å². The molecule has 0 aliphatic carbocycles. The fourth-order valence-corrected chi connectivity index (χ4v) is 4.29. The van der Waals surface area contributed by atoms with Gasteiger partial charge in [0, 0.05) is 31.0 Å².